The lowest BCUT2D eigenvalue weighted by atomic mass is 9.45. The van der Waals surface area contributed by atoms with Gasteiger partial charge in [0.1, 0.15) is 0 Å². The minimum absolute atomic E-state index is 0.0765. The van der Waals surface area contributed by atoms with E-state index in [1.54, 1.807) is 0 Å². The molecule has 1 heterocycles. The van der Waals surface area contributed by atoms with Crippen LogP contribution in [-0.4, -0.2) is 21.0 Å². The van der Waals surface area contributed by atoms with Gasteiger partial charge >= 0.3 is 0 Å². The van der Waals surface area contributed by atoms with Crippen LogP contribution in [0, 0.1) is 34.5 Å². The summed E-state index contributed by atoms with van der Waals surface area (Å²) in [5.74, 6) is 3.33. The van der Waals surface area contributed by atoms with Gasteiger partial charge in [0, 0.05) is 24.2 Å². The highest BCUT2D eigenvalue weighted by Crippen LogP contribution is 2.66. The molecule has 4 aliphatic carbocycles. The molecule has 0 aromatic carbocycles. The van der Waals surface area contributed by atoms with Crippen LogP contribution in [0.2, 0.25) is 0 Å². The highest BCUT2D eigenvalue weighted by Gasteiger charge is 2.60. The highest BCUT2D eigenvalue weighted by atomic mass is 16.3. The third kappa shape index (κ3) is 2.60. The molecular weight excluding hydrogens is 332 g/mol. The summed E-state index contributed by atoms with van der Waals surface area (Å²) in [6.07, 6.45) is 18.2. The van der Waals surface area contributed by atoms with Gasteiger partial charge in [-0.2, -0.15) is 5.10 Å². The van der Waals surface area contributed by atoms with Crippen LogP contribution in [-0.2, 0) is 7.05 Å². The first-order valence-corrected chi connectivity index (χ1v) is 11.3. The summed E-state index contributed by atoms with van der Waals surface area (Å²) in [7, 11) is 1.96. The Morgan fingerprint density at radius 1 is 1.07 bits per heavy atom. The average molecular weight is 369 g/mol. The van der Waals surface area contributed by atoms with Crippen LogP contribution in [0.3, 0.4) is 0 Å². The van der Waals surface area contributed by atoms with Gasteiger partial charge in [-0.15, -0.1) is 0 Å². The smallest absolute Gasteiger partial charge is 0.0809 e. The second-order valence-corrected chi connectivity index (χ2v) is 10.7. The molecule has 0 spiro atoms. The van der Waals surface area contributed by atoms with E-state index in [9.17, 15) is 5.11 Å². The van der Waals surface area contributed by atoms with E-state index in [1.807, 2.05) is 17.9 Å². The molecule has 0 aliphatic heterocycles. The van der Waals surface area contributed by atoms with E-state index in [4.69, 9.17) is 0 Å². The maximum atomic E-state index is 11.3. The van der Waals surface area contributed by atoms with Crippen molar-refractivity contribution >= 4 is 6.08 Å². The standard InChI is InChI=1S/C24H36N2O/c1-23-10-5-4-6-18(23)7-8-19-20(23)9-11-24(2)21(19)13-17(22(24)27)12-16-14-25-26(3)15-16/h12,14-15,18-22,27H,4-11,13H2,1-3H3/b17-12+/t18-,19-,20+,21+,22-,23+,24+/m1/s1. The molecule has 1 aromatic heterocycles. The maximum Gasteiger partial charge on any atom is 0.0809 e. The van der Waals surface area contributed by atoms with Crippen molar-refractivity contribution in [3.8, 4) is 0 Å². The summed E-state index contributed by atoms with van der Waals surface area (Å²) in [4.78, 5) is 0. The molecular formula is C24H36N2O. The molecule has 3 heteroatoms. The summed E-state index contributed by atoms with van der Waals surface area (Å²) < 4.78 is 1.85. The van der Waals surface area contributed by atoms with Gasteiger partial charge in [0.2, 0.25) is 0 Å². The summed E-state index contributed by atoms with van der Waals surface area (Å²) in [6, 6.07) is 0. The van der Waals surface area contributed by atoms with Crippen LogP contribution in [0.4, 0.5) is 0 Å². The number of aromatic nitrogens is 2. The van der Waals surface area contributed by atoms with Gasteiger partial charge in [-0.3, -0.25) is 4.68 Å². The Morgan fingerprint density at radius 3 is 2.70 bits per heavy atom. The van der Waals surface area contributed by atoms with Crippen LogP contribution in [0.1, 0.15) is 77.2 Å². The van der Waals surface area contributed by atoms with Crippen molar-refractivity contribution in [2.45, 2.75) is 77.7 Å². The molecule has 5 rings (SSSR count). The third-order valence-electron chi connectivity index (χ3n) is 9.53. The number of aryl methyl sites for hydroxylation is 1. The topological polar surface area (TPSA) is 38.0 Å². The molecule has 27 heavy (non-hydrogen) atoms. The largest absolute Gasteiger partial charge is 0.388 e. The normalized spacial score (nSPS) is 48.1. The van der Waals surface area contributed by atoms with Crippen LogP contribution in [0.15, 0.2) is 18.0 Å². The van der Waals surface area contributed by atoms with E-state index < -0.39 is 0 Å². The monoisotopic (exact) mass is 368 g/mol. The lowest BCUT2D eigenvalue weighted by Gasteiger charge is -2.60. The second-order valence-electron chi connectivity index (χ2n) is 10.7. The van der Waals surface area contributed by atoms with Gasteiger partial charge in [-0.25, -0.2) is 0 Å². The van der Waals surface area contributed by atoms with Crippen LogP contribution < -0.4 is 0 Å². The van der Waals surface area contributed by atoms with E-state index in [0.29, 0.717) is 11.3 Å². The number of aliphatic hydroxyl groups is 1. The number of rotatable bonds is 1. The van der Waals surface area contributed by atoms with Gasteiger partial charge in [-0.1, -0.05) is 32.8 Å². The molecule has 0 radical (unpaired) electrons. The van der Waals surface area contributed by atoms with Crippen molar-refractivity contribution in [3.05, 3.63) is 23.5 Å². The lowest BCUT2D eigenvalue weighted by Crippen LogP contribution is -2.53. The molecule has 0 saturated heterocycles. The molecule has 4 fully saturated rings. The van der Waals surface area contributed by atoms with E-state index in [1.165, 1.54) is 56.9 Å². The zero-order valence-electron chi connectivity index (χ0n) is 17.3. The Labute approximate surface area is 164 Å². The van der Waals surface area contributed by atoms with Crippen LogP contribution >= 0.6 is 0 Å². The summed E-state index contributed by atoms with van der Waals surface area (Å²) in [6.45, 7) is 5.02. The number of aliphatic hydroxyl groups excluding tert-OH is 1. The fourth-order valence-corrected chi connectivity index (χ4v) is 8.02. The predicted molar refractivity (Wildman–Crippen MR) is 109 cm³/mol. The molecule has 4 saturated carbocycles. The number of fused-ring (bicyclic) bond motifs is 5. The average Bonchev–Trinajstić information content (AvgIpc) is 3.16. The maximum absolute atomic E-state index is 11.3. The fourth-order valence-electron chi connectivity index (χ4n) is 8.02. The Hall–Kier alpha value is -1.09. The van der Waals surface area contributed by atoms with Crippen molar-refractivity contribution in [2.24, 2.45) is 41.5 Å². The SMILES string of the molecule is Cn1cc(/C=C2\C[C@H]3[C@@H]4CC[C@H]5CCCC[C@]5(C)[C@H]4CC[C@]3(C)[C@@H]2O)cn1. The van der Waals surface area contributed by atoms with E-state index in [-0.39, 0.29) is 11.5 Å². The van der Waals surface area contributed by atoms with Gasteiger partial charge in [0.05, 0.1) is 12.3 Å². The third-order valence-corrected chi connectivity index (χ3v) is 9.53. The lowest BCUT2D eigenvalue weighted by molar-refractivity contribution is -0.119. The molecule has 1 N–H and O–H groups in total. The van der Waals surface area contributed by atoms with Crippen LogP contribution in [0.25, 0.3) is 6.08 Å². The van der Waals surface area contributed by atoms with Gasteiger partial charge < -0.3 is 5.11 Å². The van der Waals surface area contributed by atoms with Crippen LogP contribution in [0.5, 0.6) is 0 Å². The molecule has 4 aliphatic rings. The first-order valence-electron chi connectivity index (χ1n) is 11.3. The second kappa shape index (κ2) is 6.20. The molecule has 3 nitrogen and oxygen atoms in total. The predicted octanol–water partition coefficient (Wildman–Crippen LogP) is 5.21. The Bertz CT molecular complexity index is 751. The Morgan fingerprint density at radius 2 is 1.93 bits per heavy atom. The molecule has 148 valence electrons. The van der Waals surface area contributed by atoms with Crippen molar-refractivity contribution in [1.82, 2.24) is 9.78 Å². The Kier molecular flexibility index (Phi) is 4.13. The van der Waals surface area contributed by atoms with Crippen molar-refractivity contribution in [3.63, 3.8) is 0 Å². The molecule has 0 amide bonds. The van der Waals surface area contributed by atoms with Gasteiger partial charge in [-0.05, 0) is 79.6 Å². The first-order chi connectivity index (χ1) is 12.9. The van der Waals surface area contributed by atoms with E-state index in [2.05, 4.69) is 31.2 Å². The summed E-state index contributed by atoms with van der Waals surface area (Å²) in [5.41, 5.74) is 3.04. The Balaban J connectivity index is 1.45. The van der Waals surface area contributed by atoms with Gasteiger partial charge in [0.15, 0.2) is 0 Å². The summed E-state index contributed by atoms with van der Waals surface area (Å²) in [5, 5.41) is 15.6. The van der Waals surface area contributed by atoms with Crippen molar-refractivity contribution in [1.29, 1.82) is 0 Å². The van der Waals surface area contributed by atoms with Crippen molar-refractivity contribution < 1.29 is 5.11 Å². The number of nitrogens with zero attached hydrogens (tertiary/aromatic N) is 2. The first kappa shape index (κ1) is 18.0. The zero-order chi connectivity index (χ0) is 18.8. The van der Waals surface area contributed by atoms with E-state index >= 15 is 0 Å². The van der Waals surface area contributed by atoms with E-state index in [0.717, 1.165) is 29.7 Å². The summed E-state index contributed by atoms with van der Waals surface area (Å²) >= 11 is 0. The number of hydrogen-bond acceptors (Lipinski definition) is 2. The zero-order valence-corrected chi connectivity index (χ0v) is 17.3. The van der Waals surface area contributed by atoms with Gasteiger partial charge in [0.25, 0.3) is 0 Å². The number of hydrogen-bond donors (Lipinski definition) is 1. The molecule has 0 unspecified atom stereocenters. The minimum atomic E-state index is -0.277. The minimum Gasteiger partial charge on any atom is -0.388 e. The molecule has 0 bridgehead atoms. The molecule has 1 aromatic rings. The van der Waals surface area contributed by atoms with Crippen molar-refractivity contribution in [2.75, 3.05) is 0 Å². The fraction of sp³-hybridized carbons (Fsp3) is 0.792. The highest BCUT2D eigenvalue weighted by molar-refractivity contribution is 5.54. The quantitative estimate of drug-likeness (QED) is 0.739. The molecule has 7 atom stereocenters.